The third-order valence-electron chi connectivity index (χ3n) is 7.88. The molecule has 2 unspecified atom stereocenters. The first-order valence-corrected chi connectivity index (χ1v) is 13.6. The van der Waals surface area contributed by atoms with E-state index in [1.165, 1.54) is 42.2 Å². The van der Waals surface area contributed by atoms with Gasteiger partial charge in [-0.2, -0.15) is 0 Å². The number of hydrogen-bond acceptors (Lipinski definition) is 4. The van der Waals surface area contributed by atoms with E-state index in [9.17, 15) is 13.6 Å². The Morgan fingerprint density at radius 3 is 2.39 bits per heavy atom. The number of amides is 1. The van der Waals surface area contributed by atoms with Gasteiger partial charge < -0.3 is 21.3 Å². The fraction of sp³-hybridized carbons (Fsp3) is 0.387. The Bertz CT molecular complexity index is 1220. The number of carbonyl (C=O) groups excluding carboxylic acids is 1. The van der Waals surface area contributed by atoms with Crippen LogP contribution >= 0.6 is 0 Å². The molecule has 1 amide bonds. The molecular weight excluding hydrogens is 482 g/mol. The van der Waals surface area contributed by atoms with Gasteiger partial charge in [-0.3, -0.25) is 4.79 Å². The van der Waals surface area contributed by atoms with Crippen LogP contribution in [0, 0.1) is 17.6 Å². The molecule has 4 N–H and O–H groups in total. The molecule has 1 heterocycles. The highest BCUT2D eigenvalue weighted by Crippen LogP contribution is 2.41. The Morgan fingerprint density at radius 1 is 0.947 bits per heavy atom. The first kappa shape index (κ1) is 26.3. The van der Waals surface area contributed by atoms with Crippen LogP contribution < -0.4 is 16.4 Å². The standard InChI is InChI=1S/C31H36F2N4O/c32-25-9-7-23(8-10-25)27-19-29(27)35-20-22-13-16-37(17-14-22)15-1-2-21-3-5-24(6-4-21)31(38)36-30-18-26(33)11-12-28(30)34/h3-12,18,22,27,29,35H,1-2,13-17,19-20,34H2,(H,36,38). The molecule has 5 nitrogen and oxygen atoms in total. The predicted octanol–water partition coefficient (Wildman–Crippen LogP) is 5.59. The topological polar surface area (TPSA) is 70.4 Å². The van der Waals surface area contributed by atoms with E-state index < -0.39 is 5.82 Å². The average Bonchev–Trinajstić information content (AvgIpc) is 3.71. The van der Waals surface area contributed by atoms with Crippen molar-refractivity contribution in [3.05, 3.63) is 95.1 Å². The highest BCUT2D eigenvalue weighted by Gasteiger charge is 2.38. The van der Waals surface area contributed by atoms with E-state index in [-0.39, 0.29) is 17.4 Å². The molecule has 3 aromatic carbocycles. The summed E-state index contributed by atoms with van der Waals surface area (Å²) in [4.78, 5) is 15.1. The number of halogens is 2. The largest absolute Gasteiger partial charge is 0.397 e. The van der Waals surface area contributed by atoms with Gasteiger partial charge in [-0.05, 0) is 118 Å². The van der Waals surface area contributed by atoms with E-state index >= 15 is 0 Å². The molecule has 0 spiro atoms. The van der Waals surface area contributed by atoms with Crippen LogP contribution in [0.3, 0.4) is 0 Å². The first-order chi connectivity index (χ1) is 18.4. The number of benzene rings is 3. The van der Waals surface area contributed by atoms with Crippen molar-refractivity contribution in [2.45, 2.75) is 44.1 Å². The lowest BCUT2D eigenvalue weighted by Gasteiger charge is -2.32. The first-order valence-electron chi connectivity index (χ1n) is 13.6. The molecule has 1 aliphatic carbocycles. The summed E-state index contributed by atoms with van der Waals surface area (Å²) >= 11 is 0. The fourth-order valence-corrected chi connectivity index (χ4v) is 5.39. The lowest BCUT2D eigenvalue weighted by atomic mass is 9.96. The Labute approximate surface area is 223 Å². The van der Waals surface area contributed by atoms with E-state index in [0.29, 0.717) is 23.2 Å². The van der Waals surface area contributed by atoms with Gasteiger partial charge in [-0.15, -0.1) is 0 Å². The molecule has 2 fully saturated rings. The van der Waals surface area contributed by atoms with Gasteiger partial charge in [0.15, 0.2) is 0 Å². The molecule has 200 valence electrons. The van der Waals surface area contributed by atoms with Crippen molar-refractivity contribution >= 4 is 17.3 Å². The van der Waals surface area contributed by atoms with Crippen LogP contribution in [0.1, 0.15) is 53.1 Å². The lowest BCUT2D eigenvalue weighted by molar-refractivity contribution is 0.102. The predicted molar refractivity (Wildman–Crippen MR) is 148 cm³/mol. The summed E-state index contributed by atoms with van der Waals surface area (Å²) < 4.78 is 26.6. The minimum Gasteiger partial charge on any atom is -0.397 e. The summed E-state index contributed by atoms with van der Waals surface area (Å²) in [5.74, 6) is 0.339. The lowest BCUT2D eigenvalue weighted by Crippen LogP contribution is -2.38. The Hall–Kier alpha value is -3.29. The van der Waals surface area contributed by atoms with Crippen molar-refractivity contribution in [1.82, 2.24) is 10.2 Å². The summed E-state index contributed by atoms with van der Waals surface area (Å²) in [7, 11) is 0. The summed E-state index contributed by atoms with van der Waals surface area (Å²) in [5, 5.41) is 6.42. The molecule has 38 heavy (non-hydrogen) atoms. The monoisotopic (exact) mass is 518 g/mol. The van der Waals surface area contributed by atoms with Crippen molar-refractivity contribution in [1.29, 1.82) is 0 Å². The number of piperidine rings is 1. The molecule has 1 saturated heterocycles. The SMILES string of the molecule is Nc1ccc(F)cc1NC(=O)c1ccc(CCCN2CCC(CNC3CC3c3ccc(F)cc3)CC2)cc1. The maximum Gasteiger partial charge on any atom is 0.255 e. The zero-order chi connectivity index (χ0) is 26.5. The van der Waals surface area contributed by atoms with Crippen molar-refractivity contribution in [2.24, 2.45) is 5.92 Å². The molecule has 0 bridgehead atoms. The van der Waals surface area contributed by atoms with Crippen molar-refractivity contribution < 1.29 is 13.6 Å². The van der Waals surface area contributed by atoms with Crippen LogP contribution in [0.2, 0.25) is 0 Å². The minimum atomic E-state index is -0.444. The Balaban J connectivity index is 0.974. The van der Waals surface area contributed by atoms with Gasteiger partial charge in [0.25, 0.3) is 5.91 Å². The average molecular weight is 519 g/mol. The van der Waals surface area contributed by atoms with Crippen molar-refractivity contribution in [3.63, 3.8) is 0 Å². The van der Waals surface area contributed by atoms with Crippen LogP contribution in [0.15, 0.2) is 66.7 Å². The molecule has 3 aromatic rings. The number of nitrogens with zero attached hydrogens (tertiary/aromatic N) is 1. The van der Waals surface area contributed by atoms with E-state index in [0.717, 1.165) is 51.4 Å². The minimum absolute atomic E-state index is 0.168. The Morgan fingerprint density at radius 2 is 1.66 bits per heavy atom. The highest BCUT2D eigenvalue weighted by molar-refractivity contribution is 6.05. The number of rotatable bonds is 10. The van der Waals surface area contributed by atoms with Gasteiger partial charge in [-0.25, -0.2) is 8.78 Å². The van der Waals surface area contributed by atoms with E-state index in [1.54, 1.807) is 24.3 Å². The van der Waals surface area contributed by atoms with Gasteiger partial charge >= 0.3 is 0 Å². The van der Waals surface area contributed by atoms with Crippen molar-refractivity contribution in [3.8, 4) is 0 Å². The number of carbonyl (C=O) groups is 1. The molecule has 1 aliphatic heterocycles. The van der Waals surface area contributed by atoms with Crippen LogP contribution in [-0.4, -0.2) is 43.0 Å². The number of likely N-dealkylation sites (tertiary alicyclic amines) is 1. The highest BCUT2D eigenvalue weighted by atomic mass is 19.1. The summed E-state index contributed by atoms with van der Waals surface area (Å²) in [6.45, 7) is 4.43. The molecule has 0 aromatic heterocycles. The molecule has 7 heteroatoms. The molecule has 5 rings (SSSR count). The molecular formula is C31H36F2N4O. The van der Waals surface area contributed by atoms with Gasteiger partial charge in [0.05, 0.1) is 11.4 Å². The molecule has 2 aliphatic rings. The number of hydrogen-bond donors (Lipinski definition) is 3. The number of nitrogen functional groups attached to an aromatic ring is 1. The fourth-order valence-electron chi connectivity index (χ4n) is 5.39. The maximum absolute atomic E-state index is 13.4. The van der Waals surface area contributed by atoms with Crippen LogP contribution in [0.5, 0.6) is 0 Å². The summed E-state index contributed by atoms with van der Waals surface area (Å²) in [6, 6.07) is 19.0. The molecule has 0 radical (unpaired) electrons. The van der Waals surface area contributed by atoms with E-state index in [1.807, 2.05) is 24.3 Å². The smallest absolute Gasteiger partial charge is 0.255 e. The maximum atomic E-state index is 13.4. The number of nitrogens with two attached hydrogens (primary N) is 1. The van der Waals surface area contributed by atoms with Crippen molar-refractivity contribution in [2.75, 3.05) is 37.2 Å². The summed E-state index contributed by atoms with van der Waals surface area (Å²) in [6.07, 6.45) is 5.64. The number of anilines is 2. The Kier molecular flexibility index (Phi) is 8.35. The third kappa shape index (κ3) is 6.97. The van der Waals surface area contributed by atoms with Crippen LogP contribution in [0.25, 0.3) is 0 Å². The van der Waals surface area contributed by atoms with Crippen LogP contribution in [-0.2, 0) is 6.42 Å². The normalized spacial score (nSPS) is 19.8. The molecule has 1 saturated carbocycles. The second-order valence-electron chi connectivity index (χ2n) is 10.7. The zero-order valence-corrected chi connectivity index (χ0v) is 21.6. The quantitative estimate of drug-likeness (QED) is 0.306. The van der Waals surface area contributed by atoms with Gasteiger partial charge in [0.1, 0.15) is 11.6 Å². The second kappa shape index (κ2) is 12.0. The van der Waals surface area contributed by atoms with Gasteiger partial charge in [0, 0.05) is 17.5 Å². The zero-order valence-electron chi connectivity index (χ0n) is 21.6. The van der Waals surface area contributed by atoms with Gasteiger partial charge in [-0.1, -0.05) is 24.3 Å². The van der Waals surface area contributed by atoms with Crippen LogP contribution in [0.4, 0.5) is 20.2 Å². The number of aryl methyl sites for hydroxylation is 1. The van der Waals surface area contributed by atoms with Gasteiger partial charge in [0.2, 0.25) is 0 Å². The number of nitrogens with one attached hydrogen (secondary N) is 2. The third-order valence-corrected chi connectivity index (χ3v) is 7.88. The summed E-state index contributed by atoms with van der Waals surface area (Å²) in [5.41, 5.74) is 9.39. The van der Waals surface area contributed by atoms with E-state index in [2.05, 4.69) is 15.5 Å². The second-order valence-corrected chi connectivity index (χ2v) is 10.7. The molecule has 2 atom stereocenters. The van der Waals surface area contributed by atoms with E-state index in [4.69, 9.17) is 5.73 Å².